The Balaban J connectivity index is 2.66. The molecule has 2 aromatic rings. The van der Waals surface area contributed by atoms with E-state index in [1.807, 2.05) is 26.0 Å². The maximum absolute atomic E-state index is 9.37. The van der Waals surface area contributed by atoms with Crippen molar-refractivity contribution >= 4 is 22.9 Å². The van der Waals surface area contributed by atoms with Crippen molar-refractivity contribution in [1.29, 1.82) is 5.26 Å². The number of aryl methyl sites for hydroxylation is 2. The van der Waals surface area contributed by atoms with Crippen molar-refractivity contribution in [3.63, 3.8) is 0 Å². The molecular formula is C20H22ClN3. The highest BCUT2D eigenvalue weighted by atomic mass is 35.5. The zero-order chi connectivity index (χ0) is 17.7. The van der Waals surface area contributed by atoms with E-state index in [1.165, 1.54) is 0 Å². The molecule has 124 valence electrons. The summed E-state index contributed by atoms with van der Waals surface area (Å²) in [5.41, 5.74) is 11.9. The molecule has 0 spiro atoms. The second kappa shape index (κ2) is 7.99. The highest BCUT2D eigenvalue weighted by molar-refractivity contribution is 6.35. The molecule has 0 saturated carbocycles. The van der Waals surface area contributed by atoms with Crippen LogP contribution in [0.15, 0.2) is 30.6 Å². The summed E-state index contributed by atoms with van der Waals surface area (Å²) in [5.74, 6) is 0. The van der Waals surface area contributed by atoms with Gasteiger partial charge in [-0.2, -0.15) is 5.26 Å². The van der Waals surface area contributed by atoms with E-state index in [4.69, 9.17) is 17.3 Å². The summed E-state index contributed by atoms with van der Waals surface area (Å²) >= 11 is 6.44. The monoisotopic (exact) mass is 339 g/mol. The quantitative estimate of drug-likeness (QED) is 0.739. The fourth-order valence-electron chi connectivity index (χ4n) is 2.73. The van der Waals surface area contributed by atoms with Crippen LogP contribution < -0.4 is 5.73 Å². The molecule has 3 nitrogen and oxygen atoms in total. The number of rotatable bonds is 5. The van der Waals surface area contributed by atoms with E-state index < -0.39 is 0 Å². The van der Waals surface area contributed by atoms with Gasteiger partial charge in [0, 0.05) is 11.8 Å². The molecule has 4 heteroatoms. The van der Waals surface area contributed by atoms with Gasteiger partial charge in [0.15, 0.2) is 0 Å². The smallest absolute Gasteiger partial charge is 0.0994 e. The third-order valence-corrected chi connectivity index (χ3v) is 4.51. The van der Waals surface area contributed by atoms with Crippen LogP contribution in [0.25, 0.3) is 5.57 Å². The molecule has 2 rings (SSSR count). The lowest BCUT2D eigenvalue weighted by atomic mass is 9.90. The van der Waals surface area contributed by atoms with Gasteiger partial charge in [0.25, 0.3) is 0 Å². The number of anilines is 1. The number of nitrogens with two attached hydrogens (primary N) is 1. The van der Waals surface area contributed by atoms with Crippen LogP contribution in [0.2, 0.25) is 5.02 Å². The molecule has 1 aromatic carbocycles. The number of allylic oxidation sites excluding steroid dienone is 1. The minimum absolute atomic E-state index is 0.459. The van der Waals surface area contributed by atoms with Crippen LogP contribution in [0.1, 0.15) is 54.0 Å². The van der Waals surface area contributed by atoms with Gasteiger partial charge in [-0.25, -0.2) is 0 Å². The van der Waals surface area contributed by atoms with Crippen molar-refractivity contribution < 1.29 is 0 Å². The molecule has 0 aliphatic carbocycles. The second-order valence-corrected chi connectivity index (χ2v) is 6.32. The number of pyridine rings is 1. The van der Waals surface area contributed by atoms with Crippen LogP contribution in [0.4, 0.5) is 5.69 Å². The van der Waals surface area contributed by atoms with E-state index in [1.54, 1.807) is 12.4 Å². The first kappa shape index (κ1) is 18.0. The zero-order valence-corrected chi connectivity index (χ0v) is 15.1. The van der Waals surface area contributed by atoms with Gasteiger partial charge in [-0.15, -0.1) is 0 Å². The van der Waals surface area contributed by atoms with Crippen LogP contribution in [0.5, 0.6) is 0 Å². The predicted molar refractivity (Wildman–Crippen MR) is 101 cm³/mol. The third kappa shape index (κ3) is 3.77. The fourth-order valence-corrected chi connectivity index (χ4v) is 2.93. The van der Waals surface area contributed by atoms with Crippen molar-refractivity contribution in [2.75, 3.05) is 5.73 Å². The molecule has 0 aliphatic rings. The highest BCUT2D eigenvalue weighted by Crippen LogP contribution is 2.35. The summed E-state index contributed by atoms with van der Waals surface area (Å²) < 4.78 is 0. The molecule has 0 unspecified atom stereocenters. The summed E-state index contributed by atoms with van der Waals surface area (Å²) in [7, 11) is 0. The number of benzene rings is 1. The summed E-state index contributed by atoms with van der Waals surface area (Å²) in [6.07, 6.45) is 8.60. The van der Waals surface area contributed by atoms with E-state index in [9.17, 15) is 5.26 Å². The maximum atomic E-state index is 9.37. The third-order valence-electron chi connectivity index (χ3n) is 4.09. The Morgan fingerprint density at radius 3 is 2.67 bits per heavy atom. The molecule has 1 aromatic heterocycles. The minimum Gasteiger partial charge on any atom is -0.396 e. The van der Waals surface area contributed by atoms with E-state index in [2.05, 4.69) is 24.1 Å². The molecule has 1 heterocycles. The first-order chi connectivity index (χ1) is 11.5. The van der Waals surface area contributed by atoms with Crippen molar-refractivity contribution in [3.8, 4) is 6.07 Å². The average Bonchev–Trinajstić information content (AvgIpc) is 2.56. The number of hydrogen-bond acceptors (Lipinski definition) is 3. The van der Waals surface area contributed by atoms with Gasteiger partial charge in [0.05, 0.1) is 28.5 Å². The number of aromatic nitrogens is 1. The van der Waals surface area contributed by atoms with Gasteiger partial charge in [-0.1, -0.05) is 43.5 Å². The first-order valence-corrected chi connectivity index (χ1v) is 8.48. The SMILES string of the molecule is CCCC/C=C(\c1cc(C#N)c(C)cc1C)c1cncc(N)c1Cl. The normalized spacial score (nSPS) is 11.4. The van der Waals surface area contributed by atoms with Gasteiger partial charge in [-0.3, -0.25) is 4.98 Å². The van der Waals surface area contributed by atoms with Crippen LogP contribution in [-0.2, 0) is 0 Å². The molecule has 24 heavy (non-hydrogen) atoms. The Hall–Kier alpha value is -2.31. The highest BCUT2D eigenvalue weighted by Gasteiger charge is 2.15. The van der Waals surface area contributed by atoms with E-state index >= 15 is 0 Å². The predicted octanol–water partition coefficient (Wildman–Crippen LogP) is 5.43. The maximum Gasteiger partial charge on any atom is 0.0994 e. The van der Waals surface area contributed by atoms with Crippen molar-refractivity contribution in [1.82, 2.24) is 4.98 Å². The van der Waals surface area contributed by atoms with Crippen molar-refractivity contribution in [3.05, 3.63) is 63.4 Å². The molecule has 0 bridgehead atoms. The molecular weight excluding hydrogens is 318 g/mol. The number of nitriles is 1. The van der Waals surface area contributed by atoms with E-state index in [0.29, 0.717) is 16.3 Å². The van der Waals surface area contributed by atoms with Crippen molar-refractivity contribution in [2.45, 2.75) is 40.0 Å². The average molecular weight is 340 g/mol. The fraction of sp³-hybridized carbons (Fsp3) is 0.300. The number of halogens is 1. The summed E-state index contributed by atoms with van der Waals surface area (Å²) in [6.45, 7) is 6.16. The molecule has 0 saturated heterocycles. The Kier molecular flexibility index (Phi) is 6.00. The van der Waals surface area contributed by atoms with Crippen LogP contribution in [0, 0.1) is 25.2 Å². The molecule has 0 radical (unpaired) electrons. The lowest BCUT2D eigenvalue weighted by molar-refractivity contribution is 0.815. The first-order valence-electron chi connectivity index (χ1n) is 8.10. The Labute approximate surface area is 148 Å². The largest absolute Gasteiger partial charge is 0.396 e. The summed E-state index contributed by atoms with van der Waals surface area (Å²) in [5, 5.41) is 9.88. The second-order valence-electron chi connectivity index (χ2n) is 5.94. The molecule has 0 amide bonds. The molecule has 0 fully saturated rings. The zero-order valence-electron chi connectivity index (χ0n) is 14.4. The summed E-state index contributed by atoms with van der Waals surface area (Å²) in [6, 6.07) is 6.23. The van der Waals surface area contributed by atoms with Gasteiger partial charge < -0.3 is 5.73 Å². The molecule has 2 N–H and O–H groups in total. The minimum atomic E-state index is 0.459. The van der Waals surface area contributed by atoms with Gasteiger partial charge in [0.1, 0.15) is 0 Å². The van der Waals surface area contributed by atoms with Crippen molar-refractivity contribution in [2.24, 2.45) is 0 Å². The molecule has 0 aliphatic heterocycles. The lowest BCUT2D eigenvalue weighted by Crippen LogP contribution is -1.99. The van der Waals surface area contributed by atoms with Gasteiger partial charge >= 0.3 is 0 Å². The van der Waals surface area contributed by atoms with Crippen LogP contribution in [-0.4, -0.2) is 4.98 Å². The Bertz CT molecular complexity index is 816. The van der Waals surface area contributed by atoms with Gasteiger partial charge in [-0.05, 0) is 48.6 Å². The lowest BCUT2D eigenvalue weighted by Gasteiger charge is -2.15. The van der Waals surface area contributed by atoms with Gasteiger partial charge in [0.2, 0.25) is 0 Å². The van der Waals surface area contributed by atoms with E-state index in [-0.39, 0.29) is 0 Å². The number of hydrogen-bond donors (Lipinski definition) is 1. The standard InChI is InChI=1S/C20H22ClN3/c1-4-5-6-7-16(18-11-24-12-19(23)20(18)21)17-9-15(10-22)13(2)8-14(17)3/h7-9,11-12H,4-6,23H2,1-3H3/b16-7+. The summed E-state index contributed by atoms with van der Waals surface area (Å²) in [4.78, 5) is 4.19. The van der Waals surface area contributed by atoms with Crippen LogP contribution >= 0.6 is 11.6 Å². The number of unbranched alkanes of at least 4 members (excludes halogenated alkanes) is 2. The number of nitrogens with zero attached hydrogens (tertiary/aromatic N) is 2. The Morgan fingerprint density at radius 2 is 2.00 bits per heavy atom. The van der Waals surface area contributed by atoms with Crippen LogP contribution in [0.3, 0.4) is 0 Å². The Morgan fingerprint density at radius 1 is 1.25 bits per heavy atom. The van der Waals surface area contributed by atoms with E-state index in [0.717, 1.165) is 47.1 Å². The number of nitrogen functional groups attached to an aromatic ring is 1. The topological polar surface area (TPSA) is 62.7 Å². The molecule has 0 atom stereocenters.